The third-order valence-electron chi connectivity index (χ3n) is 5.19. The van der Waals surface area contributed by atoms with E-state index in [0.29, 0.717) is 27.0 Å². The Labute approximate surface area is 180 Å². The monoisotopic (exact) mass is 452 g/mol. The molecule has 1 unspecified atom stereocenters. The van der Waals surface area contributed by atoms with Gasteiger partial charge in [-0.1, -0.05) is 47.5 Å². The molecule has 2 heterocycles. The molecule has 9 heteroatoms. The Bertz CT molecular complexity index is 1090. The molecule has 1 aromatic carbocycles. The summed E-state index contributed by atoms with van der Waals surface area (Å²) in [5.41, 5.74) is 3.24. The predicted octanol–water partition coefficient (Wildman–Crippen LogP) is 4.46. The number of aromatic nitrogens is 1. The van der Waals surface area contributed by atoms with Gasteiger partial charge in [0.15, 0.2) is 6.10 Å². The van der Waals surface area contributed by atoms with E-state index >= 15 is 0 Å². The number of benzene rings is 1. The summed E-state index contributed by atoms with van der Waals surface area (Å²) in [6.07, 6.45) is -0.264. The molecule has 29 heavy (non-hydrogen) atoms. The number of carboxylic acids is 1. The number of amides is 1. The van der Waals surface area contributed by atoms with Crippen LogP contribution in [0.1, 0.15) is 34.5 Å². The topological polar surface area (TPSA) is 91.4 Å². The summed E-state index contributed by atoms with van der Waals surface area (Å²) < 4.78 is 6.83. The Morgan fingerprint density at radius 3 is 2.86 bits per heavy atom. The fourth-order valence-electron chi connectivity index (χ4n) is 3.64. The summed E-state index contributed by atoms with van der Waals surface area (Å²) in [7, 11) is 0. The van der Waals surface area contributed by atoms with Gasteiger partial charge in [0.25, 0.3) is 5.91 Å². The van der Waals surface area contributed by atoms with Gasteiger partial charge in [-0.25, -0.2) is 4.79 Å². The number of aliphatic carboxylic acids is 1. The fraction of sp³-hybridized carbons (Fsp3) is 0.300. The first-order valence-electron chi connectivity index (χ1n) is 9.04. The predicted molar refractivity (Wildman–Crippen MR) is 113 cm³/mol. The lowest BCUT2D eigenvalue weighted by atomic mass is 9.99. The van der Waals surface area contributed by atoms with E-state index in [4.69, 9.17) is 33.0 Å². The number of carbonyl (C=O) groups is 2. The molecule has 1 aliphatic carbocycles. The van der Waals surface area contributed by atoms with Crippen LogP contribution in [0, 0.1) is 0 Å². The second-order valence-corrected chi connectivity index (χ2v) is 9.05. The Hall–Kier alpha value is -2.06. The van der Waals surface area contributed by atoms with Crippen LogP contribution in [0.3, 0.4) is 0 Å². The van der Waals surface area contributed by atoms with E-state index in [1.807, 2.05) is 24.3 Å². The third kappa shape index (κ3) is 3.88. The first kappa shape index (κ1) is 20.2. The molecule has 0 bridgehead atoms. The van der Waals surface area contributed by atoms with E-state index in [0.717, 1.165) is 15.8 Å². The number of nitrogens with one attached hydrogen (secondary N) is 2. The quantitative estimate of drug-likeness (QED) is 0.514. The molecule has 0 aliphatic heterocycles. The van der Waals surface area contributed by atoms with E-state index in [2.05, 4.69) is 10.3 Å². The van der Waals surface area contributed by atoms with Gasteiger partial charge in [-0.2, -0.15) is 0 Å². The van der Waals surface area contributed by atoms with E-state index in [1.54, 1.807) is 6.07 Å². The molecule has 4 rings (SSSR count). The highest BCUT2D eigenvalue weighted by Crippen LogP contribution is 2.39. The zero-order valence-electron chi connectivity index (χ0n) is 15.4. The number of aromatic amines is 1. The zero-order valence-corrected chi connectivity index (χ0v) is 17.7. The summed E-state index contributed by atoms with van der Waals surface area (Å²) >= 11 is 13.5. The maximum absolute atomic E-state index is 12.9. The number of rotatable bonds is 6. The van der Waals surface area contributed by atoms with Crippen molar-refractivity contribution in [1.82, 2.24) is 10.3 Å². The van der Waals surface area contributed by atoms with Crippen molar-refractivity contribution in [3.63, 3.8) is 0 Å². The van der Waals surface area contributed by atoms with Crippen molar-refractivity contribution in [3.8, 4) is 0 Å². The average molecular weight is 453 g/mol. The number of hydrogen-bond donors (Lipinski definition) is 3. The molecule has 3 aromatic rings. The van der Waals surface area contributed by atoms with Gasteiger partial charge in [0, 0.05) is 12.0 Å². The summed E-state index contributed by atoms with van der Waals surface area (Å²) in [4.78, 5) is 27.0. The standard InChI is InChI=1S/C20H18Cl2N2O4S/c1-9(20(26)27)28-8-12-11-5-3-2-4-10(11)6-13(12)24-19(25)14-7-15-17(23-14)16(21)18(22)29-15/h2-5,7,9,12-13,23H,6,8H2,1H3,(H,24,25)(H,26,27)/t9?,12-,13-/m1/s1. The highest BCUT2D eigenvalue weighted by Gasteiger charge is 2.34. The summed E-state index contributed by atoms with van der Waals surface area (Å²) in [6, 6.07) is 9.41. The van der Waals surface area contributed by atoms with E-state index in [1.165, 1.54) is 18.3 Å². The van der Waals surface area contributed by atoms with E-state index in [-0.39, 0.29) is 24.5 Å². The van der Waals surface area contributed by atoms with Crippen molar-refractivity contribution in [2.45, 2.75) is 31.4 Å². The number of H-pyrrole nitrogens is 1. The van der Waals surface area contributed by atoms with Crippen LogP contribution >= 0.6 is 34.5 Å². The van der Waals surface area contributed by atoms with Crippen LogP contribution in [0.4, 0.5) is 0 Å². The fourth-order valence-corrected chi connectivity index (χ4v) is 5.12. The maximum Gasteiger partial charge on any atom is 0.332 e. The largest absolute Gasteiger partial charge is 0.479 e. The lowest BCUT2D eigenvalue weighted by Crippen LogP contribution is -2.40. The second-order valence-electron chi connectivity index (χ2n) is 7.02. The third-order valence-corrected chi connectivity index (χ3v) is 7.12. The first-order valence-corrected chi connectivity index (χ1v) is 10.6. The zero-order chi connectivity index (χ0) is 20.7. The van der Waals surface area contributed by atoms with Crippen LogP contribution in [0.25, 0.3) is 10.2 Å². The molecule has 3 N–H and O–H groups in total. The van der Waals surface area contributed by atoms with Gasteiger partial charge >= 0.3 is 5.97 Å². The molecule has 0 saturated heterocycles. The van der Waals surface area contributed by atoms with Crippen LogP contribution in [0.2, 0.25) is 9.36 Å². The highest BCUT2D eigenvalue weighted by molar-refractivity contribution is 7.23. The van der Waals surface area contributed by atoms with Gasteiger partial charge in [-0.15, -0.1) is 11.3 Å². The van der Waals surface area contributed by atoms with Gasteiger partial charge in [0.1, 0.15) is 10.0 Å². The number of carbonyl (C=O) groups excluding carboxylic acids is 1. The number of hydrogen-bond acceptors (Lipinski definition) is 4. The lowest BCUT2D eigenvalue weighted by molar-refractivity contribution is -0.149. The molecule has 1 aliphatic rings. The Balaban J connectivity index is 1.53. The van der Waals surface area contributed by atoms with Crippen LogP contribution in [0.15, 0.2) is 30.3 Å². The number of halogens is 2. The number of carboxylic acid groups (broad SMARTS) is 1. The second kappa shape index (κ2) is 7.99. The van der Waals surface area contributed by atoms with Gasteiger partial charge in [-0.3, -0.25) is 4.79 Å². The summed E-state index contributed by atoms with van der Waals surface area (Å²) in [5, 5.41) is 12.6. The van der Waals surface area contributed by atoms with Crippen molar-refractivity contribution in [2.24, 2.45) is 0 Å². The minimum atomic E-state index is -1.01. The minimum absolute atomic E-state index is 0.133. The number of thiophene rings is 1. The van der Waals surface area contributed by atoms with Gasteiger partial charge < -0.3 is 20.1 Å². The molecular weight excluding hydrogens is 435 g/mol. The van der Waals surface area contributed by atoms with Gasteiger partial charge in [0.05, 0.1) is 21.8 Å². The van der Waals surface area contributed by atoms with Crippen LogP contribution in [0.5, 0.6) is 0 Å². The molecule has 2 aromatic heterocycles. The number of ether oxygens (including phenoxy) is 1. The normalized spacial score (nSPS) is 19.3. The van der Waals surface area contributed by atoms with Crippen LogP contribution < -0.4 is 5.32 Å². The van der Waals surface area contributed by atoms with Gasteiger partial charge in [0.2, 0.25) is 0 Å². The van der Waals surface area contributed by atoms with Crippen molar-refractivity contribution in [2.75, 3.05) is 6.61 Å². The average Bonchev–Trinajstić information content (AvgIpc) is 3.33. The highest BCUT2D eigenvalue weighted by atomic mass is 35.5. The Morgan fingerprint density at radius 1 is 1.38 bits per heavy atom. The van der Waals surface area contributed by atoms with Crippen molar-refractivity contribution in [1.29, 1.82) is 0 Å². The summed E-state index contributed by atoms with van der Waals surface area (Å²) in [5.74, 6) is -1.40. The Morgan fingerprint density at radius 2 is 2.14 bits per heavy atom. The van der Waals surface area contributed by atoms with Gasteiger partial charge in [-0.05, 0) is 30.5 Å². The smallest absolute Gasteiger partial charge is 0.332 e. The van der Waals surface area contributed by atoms with Crippen molar-refractivity contribution in [3.05, 3.63) is 56.5 Å². The van der Waals surface area contributed by atoms with E-state index < -0.39 is 12.1 Å². The lowest BCUT2D eigenvalue weighted by Gasteiger charge is -2.22. The summed E-state index contributed by atoms with van der Waals surface area (Å²) in [6.45, 7) is 1.70. The minimum Gasteiger partial charge on any atom is -0.479 e. The Kier molecular flexibility index (Phi) is 5.57. The number of fused-ring (bicyclic) bond motifs is 2. The molecule has 152 valence electrons. The molecule has 6 nitrogen and oxygen atoms in total. The molecule has 0 fully saturated rings. The molecular formula is C20H18Cl2N2O4S. The molecule has 0 radical (unpaired) electrons. The first-order chi connectivity index (χ1) is 13.8. The molecule has 3 atom stereocenters. The SMILES string of the molecule is CC(OC[C@@H]1c2ccccc2C[C@H]1NC(=O)c1cc2sc(Cl)c(Cl)c2[nH]1)C(=O)O. The molecule has 0 spiro atoms. The van der Waals surface area contributed by atoms with Crippen LogP contribution in [-0.2, 0) is 16.0 Å². The molecule has 1 amide bonds. The van der Waals surface area contributed by atoms with Crippen molar-refractivity contribution < 1.29 is 19.4 Å². The van der Waals surface area contributed by atoms with Crippen molar-refractivity contribution >= 4 is 56.6 Å². The van der Waals surface area contributed by atoms with E-state index in [9.17, 15) is 9.59 Å². The molecule has 0 saturated carbocycles. The maximum atomic E-state index is 12.9. The van der Waals surface area contributed by atoms with Crippen LogP contribution in [-0.4, -0.2) is 40.7 Å².